The minimum Gasteiger partial charge on any atom is -0.461 e. The number of pyridine rings is 1. The zero-order chi connectivity index (χ0) is 14.6. The van der Waals surface area contributed by atoms with Crippen molar-refractivity contribution in [3.05, 3.63) is 17.8 Å². The second-order valence-corrected chi connectivity index (χ2v) is 3.91. The van der Waals surface area contributed by atoms with Crippen molar-refractivity contribution in [1.29, 1.82) is 0 Å². The molecule has 7 heteroatoms. The molecule has 0 atom stereocenters. The van der Waals surface area contributed by atoms with Crippen molar-refractivity contribution in [2.75, 3.05) is 4.90 Å². The number of esters is 1. The number of hydrogen-bond donors (Lipinski definition) is 0. The number of ether oxygens (including phenoxy) is 1. The van der Waals surface area contributed by atoms with Crippen molar-refractivity contribution < 1.29 is 19.1 Å². The van der Waals surface area contributed by atoms with Crippen LogP contribution in [0.2, 0.25) is 0 Å². The van der Waals surface area contributed by atoms with E-state index in [0.29, 0.717) is 11.0 Å². The summed E-state index contributed by atoms with van der Waals surface area (Å²) in [5.41, 5.74) is 0.735. The summed E-state index contributed by atoms with van der Waals surface area (Å²) in [4.78, 5) is 38.7. The van der Waals surface area contributed by atoms with Crippen LogP contribution in [0.15, 0.2) is 12.3 Å². The minimum atomic E-state index is -0.481. The van der Waals surface area contributed by atoms with Gasteiger partial charge in [-0.1, -0.05) is 11.5 Å². The fourth-order valence-corrected chi connectivity index (χ4v) is 1.53. The number of imide groups is 1. The molecule has 19 heavy (non-hydrogen) atoms. The van der Waals surface area contributed by atoms with E-state index >= 15 is 0 Å². The third-order valence-corrected chi connectivity index (χ3v) is 2.24. The molecule has 98 valence electrons. The molecule has 0 saturated carbocycles. The number of aromatic nitrogens is 1. The number of carbonyl (C=O) groups is 3. The molecular weight excluding hydrogens is 247 g/mol. The van der Waals surface area contributed by atoms with Crippen molar-refractivity contribution in [2.45, 2.75) is 27.4 Å². The molecular formula is C12H13BN2O4. The Morgan fingerprint density at radius 3 is 2.32 bits per heavy atom. The van der Waals surface area contributed by atoms with Gasteiger partial charge in [0.1, 0.15) is 20.3 Å². The smallest absolute Gasteiger partial charge is 0.302 e. The zero-order valence-electron chi connectivity index (χ0n) is 11.0. The molecule has 1 rings (SSSR count). The summed E-state index contributed by atoms with van der Waals surface area (Å²) in [5, 5.41) is 0. The van der Waals surface area contributed by atoms with Crippen LogP contribution in [0, 0.1) is 0 Å². The number of amides is 2. The lowest BCUT2D eigenvalue weighted by molar-refractivity contribution is -0.142. The maximum Gasteiger partial charge on any atom is 0.302 e. The monoisotopic (exact) mass is 260 g/mol. The molecule has 6 nitrogen and oxygen atoms in total. The van der Waals surface area contributed by atoms with Crippen LogP contribution in [0.5, 0.6) is 0 Å². The molecule has 0 unspecified atom stereocenters. The third-order valence-electron chi connectivity index (χ3n) is 2.24. The highest BCUT2D eigenvalue weighted by Gasteiger charge is 2.21. The SMILES string of the molecule is [B]c1cnc(N(C(C)=O)C(C)=O)c(COC(C)=O)c1. The van der Waals surface area contributed by atoms with Gasteiger partial charge in [0.25, 0.3) is 0 Å². The maximum absolute atomic E-state index is 11.5. The lowest BCUT2D eigenvalue weighted by Gasteiger charge is -2.19. The molecule has 2 amide bonds. The topological polar surface area (TPSA) is 76.6 Å². The van der Waals surface area contributed by atoms with Crippen molar-refractivity contribution in [1.82, 2.24) is 4.98 Å². The van der Waals surface area contributed by atoms with E-state index in [0.717, 1.165) is 4.90 Å². The molecule has 0 aliphatic rings. The predicted octanol–water partition coefficient (Wildman–Crippen LogP) is -0.162. The lowest BCUT2D eigenvalue weighted by atomic mass is 9.97. The molecule has 1 heterocycles. The summed E-state index contributed by atoms with van der Waals surface area (Å²) in [6.45, 7) is 3.64. The molecule has 1 aromatic heterocycles. The Morgan fingerprint density at radius 1 is 1.26 bits per heavy atom. The van der Waals surface area contributed by atoms with Gasteiger partial charge in [0, 0.05) is 32.5 Å². The molecule has 0 spiro atoms. The fourth-order valence-electron chi connectivity index (χ4n) is 1.53. The second-order valence-electron chi connectivity index (χ2n) is 3.91. The second kappa shape index (κ2) is 6.13. The molecule has 0 aliphatic heterocycles. The first-order chi connectivity index (χ1) is 8.82. The van der Waals surface area contributed by atoms with Crippen molar-refractivity contribution in [2.24, 2.45) is 0 Å². The van der Waals surface area contributed by atoms with Gasteiger partial charge in [-0.2, -0.15) is 0 Å². The molecule has 2 radical (unpaired) electrons. The van der Waals surface area contributed by atoms with Crippen LogP contribution in [-0.4, -0.2) is 30.6 Å². The van der Waals surface area contributed by atoms with E-state index in [1.165, 1.54) is 33.0 Å². The van der Waals surface area contributed by atoms with Gasteiger partial charge in [-0.3, -0.25) is 14.4 Å². The van der Waals surface area contributed by atoms with Crippen LogP contribution in [0.25, 0.3) is 0 Å². The highest BCUT2D eigenvalue weighted by molar-refractivity contribution is 6.32. The number of hydrogen-bond acceptors (Lipinski definition) is 5. The van der Waals surface area contributed by atoms with E-state index < -0.39 is 17.8 Å². The van der Waals surface area contributed by atoms with Gasteiger partial charge in [-0.15, -0.1) is 0 Å². The average molecular weight is 260 g/mol. The summed E-state index contributed by atoms with van der Waals surface area (Å²) < 4.78 is 4.85. The van der Waals surface area contributed by atoms with Crippen LogP contribution in [0.1, 0.15) is 26.3 Å². The van der Waals surface area contributed by atoms with E-state index in [2.05, 4.69) is 4.98 Å². The number of rotatable bonds is 3. The van der Waals surface area contributed by atoms with Crippen LogP contribution >= 0.6 is 0 Å². The van der Waals surface area contributed by atoms with Gasteiger partial charge in [0.15, 0.2) is 0 Å². The highest BCUT2D eigenvalue weighted by atomic mass is 16.5. The van der Waals surface area contributed by atoms with Gasteiger partial charge in [-0.05, 0) is 0 Å². The quantitative estimate of drug-likeness (QED) is 0.557. The summed E-state index contributed by atoms with van der Waals surface area (Å²) in [6, 6.07) is 1.50. The van der Waals surface area contributed by atoms with Gasteiger partial charge in [0.05, 0.1) is 0 Å². The average Bonchev–Trinajstić information content (AvgIpc) is 2.28. The van der Waals surface area contributed by atoms with Gasteiger partial charge < -0.3 is 4.74 Å². The Labute approximate surface area is 112 Å². The Balaban J connectivity index is 3.21. The lowest BCUT2D eigenvalue weighted by Crippen LogP contribution is -2.35. The van der Waals surface area contributed by atoms with Crippen molar-refractivity contribution in [3.8, 4) is 0 Å². The standard InChI is InChI=1S/C12H13BN2O4/c1-7(16)15(8(2)17)12-10(6-19-9(3)18)4-11(13)5-14-12/h4-5H,6H2,1-3H3. The Morgan fingerprint density at radius 2 is 1.84 bits per heavy atom. The molecule has 0 aliphatic carbocycles. The summed E-state index contributed by atoms with van der Waals surface area (Å²) in [7, 11) is 5.59. The first kappa shape index (κ1) is 14.9. The summed E-state index contributed by atoms with van der Waals surface area (Å²) >= 11 is 0. The molecule has 1 aromatic rings. The first-order valence-corrected chi connectivity index (χ1v) is 5.52. The Kier molecular flexibility index (Phi) is 4.80. The van der Waals surface area contributed by atoms with E-state index in [1.807, 2.05) is 0 Å². The van der Waals surface area contributed by atoms with Crippen LogP contribution < -0.4 is 10.4 Å². The van der Waals surface area contributed by atoms with Crippen LogP contribution in [-0.2, 0) is 25.7 Å². The third kappa shape index (κ3) is 3.91. The number of anilines is 1. The molecule has 0 fully saturated rings. The largest absolute Gasteiger partial charge is 0.461 e. The fraction of sp³-hybridized carbons (Fsp3) is 0.333. The summed E-state index contributed by atoms with van der Waals surface area (Å²) in [6.07, 6.45) is 1.32. The van der Waals surface area contributed by atoms with Crippen LogP contribution in [0.4, 0.5) is 5.82 Å². The number of nitrogens with zero attached hydrogens (tertiary/aromatic N) is 2. The van der Waals surface area contributed by atoms with E-state index in [-0.39, 0.29) is 12.4 Å². The van der Waals surface area contributed by atoms with Crippen molar-refractivity contribution in [3.63, 3.8) is 0 Å². The van der Waals surface area contributed by atoms with E-state index in [4.69, 9.17) is 12.6 Å². The predicted molar refractivity (Wildman–Crippen MR) is 68.9 cm³/mol. The minimum absolute atomic E-state index is 0.111. The van der Waals surface area contributed by atoms with E-state index in [1.54, 1.807) is 0 Å². The molecule has 0 saturated heterocycles. The molecule has 0 N–H and O–H groups in total. The number of carbonyl (C=O) groups excluding carboxylic acids is 3. The van der Waals surface area contributed by atoms with Crippen molar-refractivity contribution >= 4 is 36.9 Å². The van der Waals surface area contributed by atoms with Gasteiger partial charge >= 0.3 is 5.97 Å². The molecule has 0 bridgehead atoms. The van der Waals surface area contributed by atoms with Crippen LogP contribution in [0.3, 0.4) is 0 Å². The zero-order valence-corrected chi connectivity index (χ0v) is 11.0. The Bertz CT molecular complexity index is 516. The maximum atomic E-state index is 11.5. The normalized spacial score (nSPS) is 9.84. The van der Waals surface area contributed by atoms with Gasteiger partial charge in [0.2, 0.25) is 11.8 Å². The first-order valence-electron chi connectivity index (χ1n) is 5.52. The Hall–Kier alpha value is -2.18. The summed E-state index contributed by atoms with van der Waals surface area (Å²) in [5.74, 6) is -1.32. The highest BCUT2D eigenvalue weighted by Crippen LogP contribution is 2.18. The van der Waals surface area contributed by atoms with E-state index in [9.17, 15) is 14.4 Å². The van der Waals surface area contributed by atoms with Gasteiger partial charge in [-0.25, -0.2) is 9.88 Å². The molecule has 0 aromatic carbocycles.